The Labute approximate surface area is 105 Å². The average Bonchev–Trinajstić information content (AvgIpc) is 2.35. The number of aliphatic carboxylic acids is 1. The van der Waals surface area contributed by atoms with Gasteiger partial charge in [-0.2, -0.15) is 0 Å². The topological polar surface area (TPSA) is 86.6 Å². The predicted molar refractivity (Wildman–Crippen MR) is 66.5 cm³/mol. The molecule has 0 aromatic heterocycles. The van der Waals surface area contributed by atoms with Crippen molar-refractivity contribution in [3.8, 4) is 5.75 Å². The number of carbonyl (C=O) groups is 2. The molecule has 0 aliphatic rings. The number of aromatic hydroxyl groups is 1. The van der Waals surface area contributed by atoms with Crippen LogP contribution in [-0.4, -0.2) is 28.6 Å². The van der Waals surface area contributed by atoms with Gasteiger partial charge in [-0.15, -0.1) is 0 Å². The van der Waals surface area contributed by atoms with Crippen LogP contribution in [-0.2, 0) is 4.79 Å². The van der Waals surface area contributed by atoms with E-state index in [1.165, 1.54) is 12.1 Å². The number of phenols is 1. The van der Waals surface area contributed by atoms with E-state index < -0.39 is 17.3 Å². The minimum absolute atomic E-state index is 0.0198. The van der Waals surface area contributed by atoms with Gasteiger partial charge in [-0.05, 0) is 25.5 Å². The zero-order valence-corrected chi connectivity index (χ0v) is 10.4. The Morgan fingerprint density at radius 2 is 1.94 bits per heavy atom. The SMILES string of the molecule is CCC(C)(CNC(=O)c1ccccc1O)C(=O)O. The Morgan fingerprint density at radius 3 is 2.44 bits per heavy atom. The van der Waals surface area contributed by atoms with E-state index in [0.717, 1.165) is 0 Å². The van der Waals surface area contributed by atoms with Gasteiger partial charge in [0.2, 0.25) is 0 Å². The average molecular weight is 251 g/mol. The van der Waals surface area contributed by atoms with Crippen molar-refractivity contribution in [3.05, 3.63) is 29.8 Å². The fourth-order valence-corrected chi connectivity index (χ4v) is 1.39. The Morgan fingerprint density at radius 1 is 1.33 bits per heavy atom. The molecule has 0 bridgehead atoms. The van der Waals surface area contributed by atoms with Crippen LogP contribution in [0.5, 0.6) is 5.75 Å². The number of benzene rings is 1. The molecule has 98 valence electrons. The van der Waals surface area contributed by atoms with Gasteiger partial charge in [0.1, 0.15) is 5.75 Å². The molecule has 0 saturated heterocycles. The van der Waals surface area contributed by atoms with Crippen LogP contribution in [0.2, 0.25) is 0 Å². The number of nitrogens with one attached hydrogen (secondary N) is 1. The van der Waals surface area contributed by atoms with E-state index in [1.54, 1.807) is 26.0 Å². The quantitative estimate of drug-likeness (QED) is 0.742. The summed E-state index contributed by atoms with van der Waals surface area (Å²) in [6, 6.07) is 6.13. The van der Waals surface area contributed by atoms with Gasteiger partial charge in [-0.25, -0.2) is 0 Å². The summed E-state index contributed by atoms with van der Waals surface area (Å²) in [6.45, 7) is 3.34. The lowest BCUT2D eigenvalue weighted by atomic mass is 9.87. The predicted octanol–water partition coefficient (Wildman–Crippen LogP) is 1.62. The second kappa shape index (κ2) is 5.53. The van der Waals surface area contributed by atoms with Crippen molar-refractivity contribution in [2.75, 3.05) is 6.54 Å². The maximum absolute atomic E-state index is 11.8. The largest absolute Gasteiger partial charge is 0.507 e. The number of phenolic OH excluding ortho intramolecular Hbond substituents is 1. The van der Waals surface area contributed by atoms with E-state index in [4.69, 9.17) is 5.11 Å². The minimum Gasteiger partial charge on any atom is -0.507 e. The highest BCUT2D eigenvalue weighted by Crippen LogP contribution is 2.21. The molecule has 5 heteroatoms. The normalized spacial score (nSPS) is 13.7. The third-order valence-corrected chi connectivity index (χ3v) is 3.08. The molecule has 1 rings (SSSR count). The Kier molecular flexibility index (Phi) is 4.31. The summed E-state index contributed by atoms with van der Waals surface area (Å²) in [6.07, 6.45) is 0.406. The summed E-state index contributed by atoms with van der Waals surface area (Å²) in [5.74, 6) is -1.56. The van der Waals surface area contributed by atoms with Crippen molar-refractivity contribution >= 4 is 11.9 Å². The zero-order chi connectivity index (χ0) is 13.8. The lowest BCUT2D eigenvalue weighted by molar-refractivity contribution is -0.147. The van der Waals surface area contributed by atoms with Crippen molar-refractivity contribution in [3.63, 3.8) is 0 Å². The van der Waals surface area contributed by atoms with Crippen LogP contribution in [0.15, 0.2) is 24.3 Å². The van der Waals surface area contributed by atoms with Gasteiger partial charge in [0.25, 0.3) is 5.91 Å². The number of hydrogen-bond acceptors (Lipinski definition) is 3. The monoisotopic (exact) mass is 251 g/mol. The van der Waals surface area contributed by atoms with Crippen LogP contribution in [0.4, 0.5) is 0 Å². The Balaban J connectivity index is 2.73. The van der Waals surface area contributed by atoms with Gasteiger partial charge in [0.15, 0.2) is 0 Å². The van der Waals surface area contributed by atoms with Gasteiger partial charge < -0.3 is 15.5 Å². The molecule has 0 fully saturated rings. The van der Waals surface area contributed by atoms with Crippen LogP contribution in [0, 0.1) is 5.41 Å². The van der Waals surface area contributed by atoms with Crippen LogP contribution in [0.25, 0.3) is 0 Å². The van der Waals surface area contributed by atoms with Crippen molar-refractivity contribution in [2.24, 2.45) is 5.41 Å². The first-order valence-corrected chi connectivity index (χ1v) is 5.70. The number of hydrogen-bond donors (Lipinski definition) is 3. The van der Waals surface area contributed by atoms with Crippen LogP contribution >= 0.6 is 0 Å². The highest BCUT2D eigenvalue weighted by molar-refractivity contribution is 5.97. The standard InChI is InChI=1S/C13H17NO4/c1-3-13(2,12(17)18)8-14-11(16)9-6-4-5-7-10(9)15/h4-7,15H,3,8H2,1-2H3,(H,14,16)(H,17,18). The highest BCUT2D eigenvalue weighted by Gasteiger charge is 2.31. The summed E-state index contributed by atoms with van der Waals surface area (Å²) >= 11 is 0. The van der Waals surface area contributed by atoms with E-state index in [-0.39, 0.29) is 17.9 Å². The van der Waals surface area contributed by atoms with Crippen LogP contribution < -0.4 is 5.32 Å². The first kappa shape index (κ1) is 14.0. The highest BCUT2D eigenvalue weighted by atomic mass is 16.4. The molecular formula is C13H17NO4. The zero-order valence-electron chi connectivity index (χ0n) is 10.4. The van der Waals surface area contributed by atoms with Crippen LogP contribution in [0.3, 0.4) is 0 Å². The van der Waals surface area contributed by atoms with Crippen molar-refractivity contribution < 1.29 is 19.8 Å². The summed E-state index contributed by atoms with van der Waals surface area (Å²) in [7, 11) is 0. The molecule has 1 unspecified atom stereocenters. The molecule has 0 spiro atoms. The third kappa shape index (κ3) is 3.00. The third-order valence-electron chi connectivity index (χ3n) is 3.08. The van der Waals surface area contributed by atoms with E-state index in [1.807, 2.05) is 0 Å². The molecule has 5 nitrogen and oxygen atoms in total. The molecule has 0 aliphatic carbocycles. The molecule has 1 atom stereocenters. The number of amides is 1. The molecule has 0 saturated carbocycles. The van der Waals surface area contributed by atoms with Gasteiger partial charge in [-0.3, -0.25) is 9.59 Å². The fraction of sp³-hybridized carbons (Fsp3) is 0.385. The van der Waals surface area contributed by atoms with E-state index >= 15 is 0 Å². The van der Waals surface area contributed by atoms with Crippen molar-refractivity contribution in [1.29, 1.82) is 0 Å². The molecule has 18 heavy (non-hydrogen) atoms. The molecule has 0 radical (unpaired) electrons. The van der Waals surface area contributed by atoms with Crippen LogP contribution in [0.1, 0.15) is 30.6 Å². The van der Waals surface area contributed by atoms with Gasteiger partial charge in [0, 0.05) is 6.54 Å². The number of carboxylic acids is 1. The van der Waals surface area contributed by atoms with Gasteiger partial charge >= 0.3 is 5.97 Å². The molecular weight excluding hydrogens is 234 g/mol. The Hall–Kier alpha value is -2.04. The molecule has 0 heterocycles. The number of rotatable bonds is 5. The lowest BCUT2D eigenvalue weighted by Crippen LogP contribution is -2.40. The van der Waals surface area contributed by atoms with Crippen molar-refractivity contribution in [2.45, 2.75) is 20.3 Å². The second-order valence-corrected chi connectivity index (χ2v) is 4.42. The van der Waals surface area contributed by atoms with E-state index in [0.29, 0.717) is 6.42 Å². The summed E-state index contributed by atoms with van der Waals surface area (Å²) in [5, 5.41) is 21.1. The summed E-state index contributed by atoms with van der Waals surface area (Å²) < 4.78 is 0. The molecule has 0 aliphatic heterocycles. The van der Waals surface area contributed by atoms with Gasteiger partial charge in [0.05, 0.1) is 11.0 Å². The number of carboxylic acid groups (broad SMARTS) is 1. The first-order chi connectivity index (χ1) is 8.40. The van der Waals surface area contributed by atoms with E-state index in [2.05, 4.69) is 5.32 Å². The maximum atomic E-state index is 11.8. The first-order valence-electron chi connectivity index (χ1n) is 5.70. The molecule has 1 amide bonds. The maximum Gasteiger partial charge on any atom is 0.311 e. The second-order valence-electron chi connectivity index (χ2n) is 4.42. The summed E-state index contributed by atoms with van der Waals surface area (Å²) in [5.41, 5.74) is -0.860. The molecule has 1 aromatic carbocycles. The fourth-order valence-electron chi connectivity index (χ4n) is 1.39. The molecule has 1 aromatic rings. The van der Waals surface area contributed by atoms with E-state index in [9.17, 15) is 14.7 Å². The Bertz CT molecular complexity index is 458. The summed E-state index contributed by atoms with van der Waals surface area (Å²) in [4.78, 5) is 22.9. The number of para-hydroxylation sites is 1. The van der Waals surface area contributed by atoms with Crippen molar-refractivity contribution in [1.82, 2.24) is 5.32 Å². The smallest absolute Gasteiger partial charge is 0.311 e. The lowest BCUT2D eigenvalue weighted by Gasteiger charge is -2.23. The van der Waals surface area contributed by atoms with Gasteiger partial charge in [-0.1, -0.05) is 19.1 Å². The minimum atomic E-state index is -1.000. The molecule has 3 N–H and O–H groups in total. The number of carbonyl (C=O) groups excluding carboxylic acids is 1.